The number of aromatic hydroxyl groups is 1. The molecule has 27 heavy (non-hydrogen) atoms. The summed E-state index contributed by atoms with van der Waals surface area (Å²) in [6, 6.07) is 13.2. The summed E-state index contributed by atoms with van der Waals surface area (Å²) < 4.78 is 6.90. The Bertz CT molecular complexity index is 976. The van der Waals surface area contributed by atoms with Crippen LogP contribution in [0.15, 0.2) is 61.1 Å². The highest BCUT2D eigenvalue weighted by Gasteiger charge is 2.04. The maximum atomic E-state index is 12.1. The lowest BCUT2D eigenvalue weighted by atomic mass is 10.1. The Morgan fingerprint density at radius 2 is 2.15 bits per heavy atom. The quantitative estimate of drug-likeness (QED) is 0.656. The van der Waals surface area contributed by atoms with E-state index in [2.05, 4.69) is 35.4 Å². The van der Waals surface area contributed by atoms with Crippen LogP contribution in [0.25, 0.3) is 6.08 Å². The molecular weight excluding hydrogens is 342 g/mol. The number of benzene rings is 2. The van der Waals surface area contributed by atoms with Crippen LogP contribution in [-0.4, -0.2) is 27.7 Å². The van der Waals surface area contributed by atoms with E-state index >= 15 is 0 Å². The van der Waals surface area contributed by atoms with Gasteiger partial charge in [0.2, 0.25) is 5.91 Å². The van der Waals surface area contributed by atoms with E-state index in [-0.39, 0.29) is 11.7 Å². The number of nitrogens with zero attached hydrogens (tertiary/aromatic N) is 2. The summed E-state index contributed by atoms with van der Waals surface area (Å²) in [5, 5.41) is 12.5. The third-order valence-corrected chi connectivity index (χ3v) is 3.96. The third kappa shape index (κ3) is 4.98. The van der Waals surface area contributed by atoms with Crippen LogP contribution < -0.4 is 10.1 Å². The number of nitrogens with one attached hydrogen (secondary N) is 1. The molecule has 0 atom stereocenters. The highest BCUT2D eigenvalue weighted by atomic mass is 16.5. The number of hydrogen-bond donors (Lipinski definition) is 2. The Morgan fingerprint density at radius 1 is 1.30 bits per heavy atom. The Labute approximate surface area is 157 Å². The van der Waals surface area contributed by atoms with E-state index < -0.39 is 0 Å². The summed E-state index contributed by atoms with van der Waals surface area (Å²) in [5.74, 6) is 0.590. The van der Waals surface area contributed by atoms with Crippen LogP contribution in [0.1, 0.15) is 16.7 Å². The van der Waals surface area contributed by atoms with E-state index in [1.165, 1.54) is 30.4 Å². The van der Waals surface area contributed by atoms with E-state index in [0.717, 1.165) is 0 Å². The van der Waals surface area contributed by atoms with Gasteiger partial charge in [0.25, 0.3) is 0 Å². The minimum Gasteiger partial charge on any atom is -0.504 e. The van der Waals surface area contributed by atoms with Crippen LogP contribution in [0.5, 0.6) is 11.5 Å². The number of aryl methyl sites for hydroxylation is 1. The molecule has 0 unspecified atom stereocenters. The van der Waals surface area contributed by atoms with Crippen molar-refractivity contribution in [3.63, 3.8) is 0 Å². The molecule has 138 valence electrons. The topological polar surface area (TPSA) is 76.4 Å². The molecule has 3 aromatic rings. The Kier molecular flexibility index (Phi) is 5.56. The second kappa shape index (κ2) is 8.23. The number of amides is 1. The molecule has 6 nitrogen and oxygen atoms in total. The van der Waals surface area contributed by atoms with Crippen molar-refractivity contribution in [2.45, 2.75) is 13.5 Å². The largest absolute Gasteiger partial charge is 0.504 e. The number of hydrogen-bond acceptors (Lipinski definition) is 4. The summed E-state index contributed by atoms with van der Waals surface area (Å²) in [4.78, 5) is 16.3. The third-order valence-electron chi connectivity index (χ3n) is 3.96. The number of aromatic nitrogens is 2. The van der Waals surface area contributed by atoms with E-state index in [1.54, 1.807) is 30.7 Å². The van der Waals surface area contributed by atoms with Crippen molar-refractivity contribution in [1.29, 1.82) is 0 Å². The van der Waals surface area contributed by atoms with Gasteiger partial charge < -0.3 is 19.7 Å². The zero-order chi connectivity index (χ0) is 19.2. The molecule has 0 aliphatic rings. The summed E-state index contributed by atoms with van der Waals surface area (Å²) in [6.07, 6.45) is 6.47. The van der Waals surface area contributed by atoms with Crippen LogP contribution >= 0.6 is 0 Å². The lowest BCUT2D eigenvalue weighted by Gasteiger charge is -2.03. The molecule has 0 fully saturated rings. The molecule has 3 rings (SSSR count). The van der Waals surface area contributed by atoms with Crippen LogP contribution in [0, 0.1) is 6.92 Å². The van der Waals surface area contributed by atoms with Gasteiger partial charge in [-0.15, -0.1) is 0 Å². The molecule has 0 saturated carbocycles. The fourth-order valence-corrected chi connectivity index (χ4v) is 2.68. The van der Waals surface area contributed by atoms with Crippen LogP contribution in [0.3, 0.4) is 0 Å². The van der Waals surface area contributed by atoms with Gasteiger partial charge in [0.15, 0.2) is 17.3 Å². The molecule has 6 heteroatoms. The van der Waals surface area contributed by atoms with Crippen molar-refractivity contribution in [3.05, 3.63) is 77.8 Å². The first-order chi connectivity index (χ1) is 13.0. The van der Waals surface area contributed by atoms with Crippen molar-refractivity contribution in [3.8, 4) is 11.5 Å². The maximum absolute atomic E-state index is 12.1. The summed E-state index contributed by atoms with van der Waals surface area (Å²) in [7, 11) is 1.48. The molecule has 1 amide bonds. The Morgan fingerprint density at radius 3 is 2.89 bits per heavy atom. The van der Waals surface area contributed by atoms with Gasteiger partial charge in [0.05, 0.1) is 13.4 Å². The molecule has 1 heterocycles. The van der Waals surface area contributed by atoms with Gasteiger partial charge in [-0.05, 0) is 36.3 Å². The maximum Gasteiger partial charge on any atom is 0.249 e. The number of rotatable bonds is 6. The monoisotopic (exact) mass is 363 g/mol. The standard InChI is InChI=1S/C21H21N3O3/c1-15-4-3-5-17(10-15)12-24-13-20(22-14-24)23-21(26)9-7-16-6-8-19(27-2)18(25)11-16/h3-11,13-14,25H,12H2,1-2H3,(H,23,26)/b9-7+. The molecule has 2 N–H and O–H groups in total. The smallest absolute Gasteiger partial charge is 0.249 e. The van der Waals surface area contributed by atoms with E-state index in [1.807, 2.05) is 10.6 Å². The predicted octanol–water partition coefficient (Wildman–Crippen LogP) is 3.61. The zero-order valence-corrected chi connectivity index (χ0v) is 15.2. The number of carbonyl (C=O) groups is 1. The summed E-state index contributed by atoms with van der Waals surface area (Å²) >= 11 is 0. The number of imidazole rings is 1. The molecule has 0 spiro atoms. The molecule has 0 aliphatic carbocycles. The van der Waals surface area contributed by atoms with E-state index in [0.29, 0.717) is 23.7 Å². The average molecular weight is 363 g/mol. The van der Waals surface area contributed by atoms with Gasteiger partial charge >= 0.3 is 0 Å². The molecule has 1 aromatic heterocycles. The van der Waals surface area contributed by atoms with Crippen molar-refractivity contribution in [2.75, 3.05) is 12.4 Å². The van der Waals surface area contributed by atoms with Gasteiger partial charge in [-0.25, -0.2) is 4.98 Å². The molecule has 0 radical (unpaired) electrons. The molecule has 0 bridgehead atoms. The fraction of sp³-hybridized carbons (Fsp3) is 0.143. The van der Waals surface area contributed by atoms with Crippen molar-refractivity contribution in [1.82, 2.24) is 9.55 Å². The first kappa shape index (κ1) is 18.3. The number of phenols is 1. The summed E-state index contributed by atoms with van der Waals surface area (Å²) in [5.41, 5.74) is 3.06. The zero-order valence-electron chi connectivity index (χ0n) is 15.2. The highest BCUT2D eigenvalue weighted by molar-refractivity contribution is 6.01. The highest BCUT2D eigenvalue weighted by Crippen LogP contribution is 2.26. The lowest BCUT2D eigenvalue weighted by Crippen LogP contribution is -2.08. The lowest BCUT2D eigenvalue weighted by molar-refractivity contribution is -0.111. The van der Waals surface area contributed by atoms with Gasteiger partial charge in [-0.1, -0.05) is 35.9 Å². The molecule has 0 saturated heterocycles. The van der Waals surface area contributed by atoms with Crippen molar-refractivity contribution >= 4 is 17.8 Å². The number of carbonyl (C=O) groups excluding carboxylic acids is 1. The minimum absolute atomic E-state index is 0.0231. The average Bonchev–Trinajstić information content (AvgIpc) is 3.07. The Hall–Kier alpha value is -3.54. The van der Waals surface area contributed by atoms with E-state index in [9.17, 15) is 9.90 Å². The first-order valence-corrected chi connectivity index (χ1v) is 8.47. The van der Waals surface area contributed by atoms with Gasteiger partial charge in [-0.3, -0.25) is 4.79 Å². The number of phenolic OH excluding ortho intramolecular Hbond substituents is 1. The second-order valence-corrected chi connectivity index (χ2v) is 6.17. The Balaban J connectivity index is 1.59. The van der Waals surface area contributed by atoms with E-state index in [4.69, 9.17) is 4.74 Å². The number of methoxy groups -OCH3 is 1. The van der Waals surface area contributed by atoms with Gasteiger partial charge in [0, 0.05) is 18.8 Å². The normalized spacial score (nSPS) is 10.9. The van der Waals surface area contributed by atoms with Crippen LogP contribution in [0.2, 0.25) is 0 Å². The SMILES string of the molecule is COc1ccc(/C=C/C(=O)Nc2cn(Cc3cccc(C)c3)cn2)cc1O. The fourth-order valence-electron chi connectivity index (χ4n) is 2.68. The minimum atomic E-state index is -0.300. The van der Waals surface area contributed by atoms with Crippen LogP contribution in [0.4, 0.5) is 5.82 Å². The second-order valence-electron chi connectivity index (χ2n) is 6.17. The number of ether oxygens (including phenoxy) is 1. The first-order valence-electron chi connectivity index (χ1n) is 8.47. The van der Waals surface area contributed by atoms with Crippen molar-refractivity contribution in [2.24, 2.45) is 0 Å². The molecule has 0 aliphatic heterocycles. The van der Waals surface area contributed by atoms with Crippen molar-refractivity contribution < 1.29 is 14.6 Å². The molecule has 2 aromatic carbocycles. The summed E-state index contributed by atoms with van der Waals surface area (Å²) in [6.45, 7) is 2.74. The van der Waals surface area contributed by atoms with Gasteiger partial charge in [0.1, 0.15) is 0 Å². The number of anilines is 1. The van der Waals surface area contributed by atoms with Gasteiger partial charge in [-0.2, -0.15) is 0 Å². The molecular formula is C21H21N3O3. The predicted molar refractivity (Wildman–Crippen MR) is 105 cm³/mol. The van der Waals surface area contributed by atoms with Crippen LogP contribution in [-0.2, 0) is 11.3 Å².